The van der Waals surface area contributed by atoms with Gasteiger partial charge in [0.05, 0.1) is 24.1 Å². The Morgan fingerprint density at radius 1 is 1.19 bits per heavy atom. The van der Waals surface area contributed by atoms with Crippen molar-refractivity contribution < 1.29 is 14.3 Å². The van der Waals surface area contributed by atoms with Crippen LogP contribution in [0.25, 0.3) is 27.7 Å². The molecule has 0 fully saturated rings. The lowest BCUT2D eigenvalue weighted by Crippen LogP contribution is -2.22. The largest absolute Gasteiger partial charge is 0.467 e. The summed E-state index contributed by atoms with van der Waals surface area (Å²) >= 11 is 0. The molecule has 0 aliphatic heterocycles. The first-order chi connectivity index (χ1) is 17.7. The van der Waals surface area contributed by atoms with Crippen LogP contribution in [0.1, 0.15) is 89.3 Å². The van der Waals surface area contributed by atoms with Gasteiger partial charge in [0.15, 0.2) is 0 Å². The number of methoxy groups -OCH3 is 1. The first kappa shape index (κ1) is 28.6. The highest BCUT2D eigenvalue weighted by Crippen LogP contribution is 2.41. The summed E-state index contributed by atoms with van der Waals surface area (Å²) in [5, 5.41) is 1.25. The molecule has 5 nitrogen and oxygen atoms in total. The summed E-state index contributed by atoms with van der Waals surface area (Å²) in [5.41, 5.74) is 9.23. The zero-order chi connectivity index (χ0) is 27.2. The van der Waals surface area contributed by atoms with Crippen molar-refractivity contribution in [3.63, 3.8) is 0 Å². The predicted octanol–water partition coefficient (Wildman–Crippen LogP) is 8.07. The Morgan fingerprint density at radius 2 is 1.95 bits per heavy atom. The molecule has 0 saturated carbocycles. The molecule has 0 N–H and O–H groups in total. The van der Waals surface area contributed by atoms with Gasteiger partial charge in [0, 0.05) is 41.7 Å². The van der Waals surface area contributed by atoms with Gasteiger partial charge in [0.1, 0.15) is 0 Å². The van der Waals surface area contributed by atoms with E-state index in [-0.39, 0.29) is 11.5 Å². The van der Waals surface area contributed by atoms with Crippen LogP contribution in [0.5, 0.6) is 0 Å². The molecular weight excluding hydrogens is 460 g/mol. The summed E-state index contributed by atoms with van der Waals surface area (Å²) in [6, 6.07) is 9.13. The fraction of sp³-hybridized carbons (Fsp3) is 0.500. The van der Waals surface area contributed by atoms with E-state index in [1.54, 1.807) is 7.11 Å². The normalized spacial score (nSPS) is 13.2. The van der Waals surface area contributed by atoms with Crippen LogP contribution in [0.3, 0.4) is 0 Å². The fourth-order valence-electron chi connectivity index (χ4n) is 5.22. The number of pyridine rings is 1. The zero-order valence-electron chi connectivity index (χ0n) is 24.0. The zero-order valence-corrected chi connectivity index (χ0v) is 24.0. The molecule has 0 spiro atoms. The Morgan fingerprint density at radius 3 is 2.57 bits per heavy atom. The standard InChI is InChI=1S/C32H44N2O3/c1-9-12-13-24(10-2)25-14-15-29-26(17-25)28(18-32(6,7)20-37-21-35)31(34(29)11-3)27-16-22(4)19-33-30(27)23(5)36-8/h13-17,19,21,23H,9-12,18,20H2,1-8H3/b24-13+. The molecule has 0 radical (unpaired) electrons. The van der Waals surface area contributed by atoms with Gasteiger partial charge in [0.2, 0.25) is 0 Å². The van der Waals surface area contributed by atoms with Crippen molar-refractivity contribution in [3.8, 4) is 11.3 Å². The summed E-state index contributed by atoms with van der Waals surface area (Å²) < 4.78 is 13.4. The minimum atomic E-state index is -0.242. The first-order valence-corrected chi connectivity index (χ1v) is 13.6. The molecule has 1 atom stereocenters. The second kappa shape index (κ2) is 12.6. The van der Waals surface area contributed by atoms with Crippen LogP contribution >= 0.6 is 0 Å². The topological polar surface area (TPSA) is 53.4 Å². The maximum Gasteiger partial charge on any atom is 0.293 e. The van der Waals surface area contributed by atoms with Crippen LogP contribution < -0.4 is 0 Å². The van der Waals surface area contributed by atoms with Crippen molar-refractivity contribution >= 4 is 22.9 Å². The molecule has 1 unspecified atom stereocenters. The third-order valence-electron chi connectivity index (χ3n) is 7.16. The lowest BCUT2D eigenvalue weighted by molar-refractivity contribution is -0.131. The minimum Gasteiger partial charge on any atom is -0.467 e. The van der Waals surface area contributed by atoms with E-state index in [9.17, 15) is 4.79 Å². The second-order valence-electron chi connectivity index (χ2n) is 10.7. The van der Waals surface area contributed by atoms with E-state index in [2.05, 4.69) is 76.5 Å². The average molecular weight is 505 g/mol. The van der Waals surface area contributed by atoms with Crippen molar-refractivity contribution in [1.29, 1.82) is 0 Å². The summed E-state index contributed by atoms with van der Waals surface area (Å²) in [6.07, 6.45) is 8.13. The number of benzene rings is 1. The molecule has 5 heteroatoms. The monoisotopic (exact) mass is 504 g/mol. The van der Waals surface area contributed by atoms with Gasteiger partial charge in [-0.2, -0.15) is 0 Å². The van der Waals surface area contributed by atoms with Gasteiger partial charge in [-0.1, -0.05) is 46.3 Å². The summed E-state index contributed by atoms with van der Waals surface area (Å²) in [7, 11) is 1.73. The molecule has 0 aliphatic rings. The highest BCUT2D eigenvalue weighted by atomic mass is 16.5. The summed E-state index contributed by atoms with van der Waals surface area (Å²) in [5.74, 6) is 0. The number of hydrogen-bond acceptors (Lipinski definition) is 4. The Balaban J connectivity index is 2.39. The third kappa shape index (κ3) is 6.32. The number of ether oxygens (including phenoxy) is 2. The molecular formula is C32H44N2O3. The van der Waals surface area contributed by atoms with Crippen LogP contribution in [-0.2, 0) is 27.2 Å². The van der Waals surface area contributed by atoms with Crippen molar-refractivity contribution in [1.82, 2.24) is 9.55 Å². The van der Waals surface area contributed by atoms with E-state index in [0.29, 0.717) is 13.1 Å². The number of carbonyl (C=O) groups is 1. The fourth-order valence-corrected chi connectivity index (χ4v) is 5.22. The number of nitrogens with zero attached hydrogens (tertiary/aromatic N) is 2. The van der Waals surface area contributed by atoms with Crippen LogP contribution in [0.15, 0.2) is 36.5 Å². The van der Waals surface area contributed by atoms with Crippen LogP contribution in [0.2, 0.25) is 0 Å². The van der Waals surface area contributed by atoms with Crippen molar-refractivity contribution in [3.05, 3.63) is 58.9 Å². The molecule has 2 heterocycles. The average Bonchev–Trinajstić information content (AvgIpc) is 3.19. The molecule has 0 aliphatic carbocycles. The van der Waals surface area contributed by atoms with E-state index in [1.807, 2.05) is 13.1 Å². The van der Waals surface area contributed by atoms with E-state index in [0.717, 1.165) is 49.0 Å². The smallest absolute Gasteiger partial charge is 0.293 e. The number of aromatic nitrogens is 2. The highest BCUT2D eigenvalue weighted by Gasteiger charge is 2.28. The lowest BCUT2D eigenvalue weighted by atomic mass is 9.84. The molecule has 37 heavy (non-hydrogen) atoms. The molecule has 3 rings (SSSR count). The number of fused-ring (bicyclic) bond motifs is 1. The Bertz CT molecular complexity index is 1250. The Labute approximate surface area is 222 Å². The van der Waals surface area contributed by atoms with Crippen LogP contribution in [0, 0.1) is 12.3 Å². The SMILES string of the molecule is CCC/C=C(\CC)c1ccc2c(c1)c(CC(C)(C)COC=O)c(-c1cc(C)cnc1C(C)OC)n2CC. The van der Waals surface area contributed by atoms with Gasteiger partial charge in [-0.05, 0) is 80.5 Å². The second-order valence-corrected chi connectivity index (χ2v) is 10.7. The predicted molar refractivity (Wildman–Crippen MR) is 154 cm³/mol. The van der Waals surface area contributed by atoms with Gasteiger partial charge in [-0.25, -0.2) is 0 Å². The van der Waals surface area contributed by atoms with Gasteiger partial charge in [0.25, 0.3) is 6.47 Å². The van der Waals surface area contributed by atoms with Crippen molar-refractivity contribution in [2.24, 2.45) is 5.41 Å². The quantitative estimate of drug-likeness (QED) is 0.221. The lowest BCUT2D eigenvalue weighted by Gasteiger charge is -2.25. The summed E-state index contributed by atoms with van der Waals surface area (Å²) in [6.45, 7) is 16.8. The molecule has 3 aromatic rings. The van der Waals surface area contributed by atoms with Gasteiger partial charge in [-0.15, -0.1) is 0 Å². The van der Waals surface area contributed by atoms with E-state index in [4.69, 9.17) is 14.5 Å². The maximum absolute atomic E-state index is 11.0. The van der Waals surface area contributed by atoms with Crippen LogP contribution in [-0.4, -0.2) is 29.7 Å². The molecule has 200 valence electrons. The first-order valence-electron chi connectivity index (χ1n) is 13.6. The van der Waals surface area contributed by atoms with Gasteiger partial charge < -0.3 is 14.0 Å². The molecule has 2 aromatic heterocycles. The number of carbonyl (C=O) groups excluding carboxylic acids is 1. The number of allylic oxidation sites excluding steroid dienone is 2. The van der Waals surface area contributed by atoms with Crippen molar-refractivity contribution in [2.75, 3.05) is 13.7 Å². The Hall–Kier alpha value is -2.92. The summed E-state index contributed by atoms with van der Waals surface area (Å²) in [4.78, 5) is 15.9. The Kier molecular flexibility index (Phi) is 9.72. The number of aryl methyl sites for hydroxylation is 2. The maximum atomic E-state index is 11.0. The van der Waals surface area contributed by atoms with Gasteiger partial charge >= 0.3 is 0 Å². The highest BCUT2D eigenvalue weighted by molar-refractivity contribution is 5.94. The molecule has 0 amide bonds. The molecule has 0 bridgehead atoms. The van der Waals surface area contributed by atoms with E-state index >= 15 is 0 Å². The van der Waals surface area contributed by atoms with E-state index < -0.39 is 0 Å². The number of rotatable bonds is 13. The molecule has 1 aromatic carbocycles. The van der Waals surface area contributed by atoms with Crippen molar-refractivity contribution in [2.45, 2.75) is 86.8 Å². The molecule has 0 saturated heterocycles. The third-order valence-corrected chi connectivity index (χ3v) is 7.16. The number of hydrogen-bond donors (Lipinski definition) is 0. The minimum absolute atomic E-state index is 0.141. The van der Waals surface area contributed by atoms with E-state index in [1.165, 1.54) is 33.3 Å². The number of unbranched alkanes of at least 4 members (excludes halogenated alkanes) is 1. The van der Waals surface area contributed by atoms with Crippen LogP contribution in [0.4, 0.5) is 0 Å². The van der Waals surface area contributed by atoms with Gasteiger partial charge in [-0.3, -0.25) is 9.78 Å².